The number of carbonyl (C=O) groups excluding carboxylic acids is 1. The van der Waals surface area contributed by atoms with Crippen molar-refractivity contribution in [1.29, 1.82) is 5.26 Å². The van der Waals surface area contributed by atoms with E-state index in [1.807, 2.05) is 19.9 Å². The summed E-state index contributed by atoms with van der Waals surface area (Å²) in [5.74, 6) is -0.789. The van der Waals surface area contributed by atoms with Crippen LogP contribution in [0, 0.1) is 17.2 Å². The molecule has 0 aromatic heterocycles. The van der Waals surface area contributed by atoms with Crippen LogP contribution in [-0.4, -0.2) is 52.1 Å². The smallest absolute Gasteiger partial charge is 0.323 e. The number of carbonyl (C=O) groups is 2. The zero-order valence-electron chi connectivity index (χ0n) is 13.0. The van der Waals surface area contributed by atoms with Gasteiger partial charge in [0.05, 0.1) is 12.5 Å². The zero-order chi connectivity index (χ0) is 15.9. The normalized spacial score (nSPS) is 11.1. The van der Waals surface area contributed by atoms with Crippen LogP contribution in [0.3, 0.4) is 0 Å². The first-order valence-electron chi connectivity index (χ1n) is 6.75. The van der Waals surface area contributed by atoms with E-state index in [1.165, 1.54) is 4.90 Å². The quantitative estimate of drug-likeness (QED) is 0.809. The van der Waals surface area contributed by atoms with E-state index in [-0.39, 0.29) is 24.9 Å². The summed E-state index contributed by atoms with van der Waals surface area (Å²) in [6.07, 6.45) is 0.240. The van der Waals surface area contributed by atoms with Gasteiger partial charge in [0.2, 0.25) is 0 Å². The predicted molar refractivity (Wildman–Crippen MR) is 76.1 cm³/mol. The molecule has 0 aliphatic rings. The molecular formula is C14H25N3O3. The topological polar surface area (TPSA) is 84.6 Å². The number of hydrogen-bond donors (Lipinski definition) is 1. The molecule has 0 saturated heterocycles. The number of aliphatic carboxylic acids is 1. The molecule has 0 rings (SSSR count). The highest BCUT2D eigenvalue weighted by molar-refractivity contribution is 5.81. The molecule has 0 heterocycles. The van der Waals surface area contributed by atoms with Gasteiger partial charge >= 0.3 is 12.0 Å². The second-order valence-electron chi connectivity index (χ2n) is 6.18. The zero-order valence-corrected chi connectivity index (χ0v) is 13.0. The lowest BCUT2D eigenvalue weighted by Gasteiger charge is -2.38. The van der Waals surface area contributed by atoms with E-state index in [1.54, 1.807) is 25.7 Å². The minimum Gasteiger partial charge on any atom is -0.480 e. The highest BCUT2D eigenvalue weighted by Gasteiger charge is 2.31. The third kappa shape index (κ3) is 6.41. The molecule has 114 valence electrons. The minimum absolute atomic E-state index is 0.240. The van der Waals surface area contributed by atoms with Gasteiger partial charge in [-0.25, -0.2) is 4.79 Å². The Kier molecular flexibility index (Phi) is 7.05. The first-order valence-corrected chi connectivity index (χ1v) is 6.75. The summed E-state index contributed by atoms with van der Waals surface area (Å²) in [6, 6.07) is 1.69. The first-order chi connectivity index (χ1) is 9.09. The molecule has 0 saturated carbocycles. The lowest BCUT2D eigenvalue weighted by atomic mass is 10.1. The van der Waals surface area contributed by atoms with Crippen LogP contribution in [0.5, 0.6) is 0 Å². The van der Waals surface area contributed by atoms with Crippen LogP contribution in [0.2, 0.25) is 0 Å². The van der Waals surface area contributed by atoms with Crippen LogP contribution >= 0.6 is 0 Å². The number of rotatable bonds is 6. The Labute approximate surface area is 121 Å². The van der Waals surface area contributed by atoms with Crippen molar-refractivity contribution >= 4 is 12.0 Å². The summed E-state index contributed by atoms with van der Waals surface area (Å²) in [7, 11) is 0. The number of carboxylic acids is 1. The van der Waals surface area contributed by atoms with Crippen molar-refractivity contribution in [3.05, 3.63) is 0 Å². The summed E-state index contributed by atoms with van der Waals surface area (Å²) in [5.41, 5.74) is -0.586. The van der Waals surface area contributed by atoms with Gasteiger partial charge < -0.3 is 14.9 Å². The van der Waals surface area contributed by atoms with Crippen molar-refractivity contribution in [2.24, 2.45) is 5.92 Å². The lowest BCUT2D eigenvalue weighted by Crippen LogP contribution is -2.54. The fourth-order valence-electron chi connectivity index (χ4n) is 1.79. The van der Waals surface area contributed by atoms with E-state index in [9.17, 15) is 9.59 Å². The SMILES string of the molecule is CC(C)CN(CCC#N)C(=O)N(CC(=O)O)C(C)(C)C. The summed E-state index contributed by atoms with van der Waals surface area (Å²) >= 11 is 0. The molecule has 0 aromatic carbocycles. The summed E-state index contributed by atoms with van der Waals surface area (Å²) in [4.78, 5) is 26.4. The van der Waals surface area contributed by atoms with Crippen molar-refractivity contribution in [1.82, 2.24) is 9.80 Å². The van der Waals surface area contributed by atoms with Crippen molar-refractivity contribution < 1.29 is 14.7 Å². The van der Waals surface area contributed by atoms with Crippen LogP contribution in [0.1, 0.15) is 41.0 Å². The van der Waals surface area contributed by atoms with Crippen LogP contribution in [0.25, 0.3) is 0 Å². The largest absolute Gasteiger partial charge is 0.480 e. The first kappa shape index (κ1) is 18.2. The maximum absolute atomic E-state index is 12.5. The third-order valence-corrected chi connectivity index (χ3v) is 2.68. The Morgan fingerprint density at radius 1 is 1.30 bits per heavy atom. The van der Waals surface area contributed by atoms with Crippen molar-refractivity contribution in [2.45, 2.75) is 46.6 Å². The van der Waals surface area contributed by atoms with Gasteiger partial charge in [-0.1, -0.05) is 13.8 Å². The maximum Gasteiger partial charge on any atom is 0.323 e. The Morgan fingerprint density at radius 2 is 1.85 bits per heavy atom. The highest BCUT2D eigenvalue weighted by atomic mass is 16.4. The summed E-state index contributed by atoms with van der Waals surface area (Å²) in [5, 5.41) is 17.7. The van der Waals surface area contributed by atoms with E-state index >= 15 is 0 Å². The molecule has 0 aliphatic carbocycles. The van der Waals surface area contributed by atoms with Gasteiger partial charge in [-0.05, 0) is 26.7 Å². The maximum atomic E-state index is 12.5. The van der Waals surface area contributed by atoms with Gasteiger partial charge in [0, 0.05) is 18.6 Å². The van der Waals surface area contributed by atoms with E-state index < -0.39 is 11.5 Å². The Morgan fingerprint density at radius 3 is 2.20 bits per heavy atom. The molecule has 0 spiro atoms. The number of hydrogen-bond acceptors (Lipinski definition) is 3. The fourth-order valence-corrected chi connectivity index (χ4v) is 1.79. The van der Waals surface area contributed by atoms with Crippen LogP contribution in [0.4, 0.5) is 4.79 Å². The van der Waals surface area contributed by atoms with Crippen molar-refractivity contribution in [3.8, 4) is 6.07 Å². The minimum atomic E-state index is -1.04. The van der Waals surface area contributed by atoms with Gasteiger partial charge in [0.15, 0.2) is 0 Å². The molecule has 1 N–H and O–H groups in total. The van der Waals surface area contributed by atoms with Gasteiger partial charge in [0.25, 0.3) is 0 Å². The second-order valence-corrected chi connectivity index (χ2v) is 6.18. The van der Waals surface area contributed by atoms with Crippen LogP contribution in [-0.2, 0) is 4.79 Å². The molecule has 6 nitrogen and oxygen atoms in total. The average molecular weight is 283 g/mol. The van der Waals surface area contributed by atoms with Crippen molar-refractivity contribution in [2.75, 3.05) is 19.6 Å². The van der Waals surface area contributed by atoms with Gasteiger partial charge in [-0.15, -0.1) is 0 Å². The molecule has 0 fully saturated rings. The van der Waals surface area contributed by atoms with Crippen LogP contribution in [0.15, 0.2) is 0 Å². The van der Waals surface area contributed by atoms with E-state index in [0.29, 0.717) is 13.1 Å². The molecule has 0 aliphatic heterocycles. The van der Waals surface area contributed by atoms with Crippen molar-refractivity contribution in [3.63, 3.8) is 0 Å². The fraction of sp³-hybridized carbons (Fsp3) is 0.786. The number of urea groups is 1. The van der Waals surface area contributed by atoms with Crippen LogP contribution < -0.4 is 0 Å². The summed E-state index contributed by atoms with van der Waals surface area (Å²) < 4.78 is 0. The molecule has 0 bridgehead atoms. The molecule has 6 heteroatoms. The molecule has 0 aromatic rings. The predicted octanol–water partition coefficient (Wildman–Crippen LogP) is 2.16. The standard InChI is InChI=1S/C14H25N3O3/c1-11(2)9-16(8-6-7-15)13(20)17(10-12(18)19)14(3,4)5/h11H,6,8-10H2,1-5H3,(H,18,19). The third-order valence-electron chi connectivity index (χ3n) is 2.68. The Balaban J connectivity index is 5.13. The Bertz CT molecular complexity index is 380. The van der Waals surface area contributed by atoms with E-state index in [0.717, 1.165) is 0 Å². The van der Waals surface area contributed by atoms with E-state index in [2.05, 4.69) is 0 Å². The Hall–Kier alpha value is -1.77. The molecular weight excluding hydrogens is 258 g/mol. The summed E-state index contributed by atoms with van der Waals surface area (Å²) in [6.45, 7) is 9.83. The molecule has 0 radical (unpaired) electrons. The lowest BCUT2D eigenvalue weighted by molar-refractivity contribution is -0.138. The molecule has 0 unspecified atom stereocenters. The average Bonchev–Trinajstić information content (AvgIpc) is 2.28. The number of nitrogens with zero attached hydrogens (tertiary/aromatic N) is 3. The van der Waals surface area contributed by atoms with Gasteiger partial charge in [-0.2, -0.15) is 5.26 Å². The molecule has 0 atom stereocenters. The second kappa shape index (κ2) is 7.73. The number of carboxylic acid groups (broad SMARTS) is 1. The molecule has 2 amide bonds. The monoisotopic (exact) mass is 283 g/mol. The number of amides is 2. The van der Waals surface area contributed by atoms with Gasteiger partial charge in [0.1, 0.15) is 6.54 Å². The molecule has 20 heavy (non-hydrogen) atoms. The van der Waals surface area contributed by atoms with E-state index in [4.69, 9.17) is 10.4 Å². The number of nitriles is 1. The van der Waals surface area contributed by atoms with Gasteiger partial charge in [-0.3, -0.25) is 4.79 Å². The highest BCUT2D eigenvalue weighted by Crippen LogP contribution is 2.16.